The molecule has 3 N–H and O–H groups in total. The number of aryl methyl sites for hydroxylation is 1. The Labute approximate surface area is 152 Å². The lowest BCUT2D eigenvalue weighted by Crippen LogP contribution is -2.37. The van der Waals surface area contributed by atoms with Gasteiger partial charge in [-0.15, -0.1) is 0 Å². The summed E-state index contributed by atoms with van der Waals surface area (Å²) in [7, 11) is 1.90. The molecule has 26 heavy (non-hydrogen) atoms. The van der Waals surface area contributed by atoms with Crippen molar-refractivity contribution in [1.29, 1.82) is 0 Å². The molecule has 0 saturated carbocycles. The maximum atomic E-state index is 13.0. The molecule has 0 radical (unpaired) electrons. The van der Waals surface area contributed by atoms with Crippen LogP contribution in [0, 0.1) is 5.92 Å². The standard InChI is InChI=1S/C19H24N6O/c1-3-15(18-22-16-6-4-5-7-17(16)23-18)24-19(26)14-10-20-9-13(14)12-8-21-25(2)11-12/h4-8,11,13-15,20H,3,9-10H2,1-2H3,(H,22,23)(H,24,26)/t13-,14+,15?/m1/s1. The molecular weight excluding hydrogens is 328 g/mol. The Bertz CT molecular complexity index is 881. The van der Waals surface area contributed by atoms with Crippen molar-refractivity contribution in [1.82, 2.24) is 30.4 Å². The van der Waals surface area contributed by atoms with Crippen LogP contribution in [0.5, 0.6) is 0 Å². The molecule has 1 unspecified atom stereocenters. The number of imidazole rings is 1. The zero-order chi connectivity index (χ0) is 18.1. The Morgan fingerprint density at radius 2 is 2.23 bits per heavy atom. The number of hydrogen-bond acceptors (Lipinski definition) is 4. The van der Waals surface area contributed by atoms with Crippen LogP contribution >= 0.6 is 0 Å². The summed E-state index contributed by atoms with van der Waals surface area (Å²) in [6.07, 6.45) is 4.63. The Morgan fingerprint density at radius 3 is 2.96 bits per heavy atom. The van der Waals surface area contributed by atoms with Crippen LogP contribution in [0.25, 0.3) is 11.0 Å². The number of carbonyl (C=O) groups excluding carboxylic acids is 1. The number of carbonyl (C=O) groups is 1. The van der Waals surface area contributed by atoms with E-state index in [1.807, 2.05) is 43.7 Å². The Balaban J connectivity index is 1.51. The fraction of sp³-hybridized carbons (Fsp3) is 0.421. The van der Waals surface area contributed by atoms with Crippen molar-refractivity contribution in [2.45, 2.75) is 25.3 Å². The average molecular weight is 352 g/mol. The first-order valence-corrected chi connectivity index (χ1v) is 9.10. The van der Waals surface area contributed by atoms with Crippen molar-refractivity contribution >= 4 is 16.9 Å². The van der Waals surface area contributed by atoms with Gasteiger partial charge in [-0.2, -0.15) is 5.10 Å². The monoisotopic (exact) mass is 352 g/mol. The van der Waals surface area contributed by atoms with Gasteiger partial charge in [0.15, 0.2) is 0 Å². The molecule has 1 aliphatic rings. The molecule has 1 saturated heterocycles. The molecule has 0 bridgehead atoms. The molecular formula is C19H24N6O. The maximum absolute atomic E-state index is 13.0. The molecule has 1 fully saturated rings. The molecule has 4 rings (SSSR count). The van der Waals surface area contributed by atoms with Crippen molar-refractivity contribution < 1.29 is 4.79 Å². The zero-order valence-electron chi connectivity index (χ0n) is 15.1. The molecule has 3 heterocycles. The topological polar surface area (TPSA) is 87.6 Å². The molecule has 1 aliphatic heterocycles. The molecule has 7 heteroatoms. The first-order chi connectivity index (χ1) is 12.7. The van der Waals surface area contributed by atoms with Gasteiger partial charge in [0.25, 0.3) is 0 Å². The minimum absolute atomic E-state index is 0.0659. The van der Waals surface area contributed by atoms with Crippen molar-refractivity contribution in [2.75, 3.05) is 13.1 Å². The number of nitrogens with one attached hydrogen (secondary N) is 3. The lowest BCUT2D eigenvalue weighted by Gasteiger charge is -2.21. The third kappa shape index (κ3) is 3.10. The van der Waals surface area contributed by atoms with Crippen molar-refractivity contribution in [2.24, 2.45) is 13.0 Å². The largest absolute Gasteiger partial charge is 0.346 e. The van der Waals surface area contributed by atoms with Gasteiger partial charge in [0.1, 0.15) is 5.82 Å². The number of amides is 1. The van der Waals surface area contributed by atoms with E-state index in [9.17, 15) is 4.79 Å². The van der Waals surface area contributed by atoms with E-state index in [1.54, 1.807) is 4.68 Å². The van der Waals surface area contributed by atoms with E-state index >= 15 is 0 Å². The van der Waals surface area contributed by atoms with Crippen LogP contribution < -0.4 is 10.6 Å². The first kappa shape index (κ1) is 16.8. The molecule has 136 valence electrons. The zero-order valence-corrected chi connectivity index (χ0v) is 15.1. The number of benzene rings is 1. The molecule has 0 aliphatic carbocycles. The Morgan fingerprint density at radius 1 is 1.38 bits per heavy atom. The minimum Gasteiger partial charge on any atom is -0.346 e. The van der Waals surface area contributed by atoms with Gasteiger partial charge in [-0.25, -0.2) is 4.98 Å². The van der Waals surface area contributed by atoms with Crippen LogP contribution in [0.2, 0.25) is 0 Å². The second-order valence-electron chi connectivity index (χ2n) is 6.93. The summed E-state index contributed by atoms with van der Waals surface area (Å²) >= 11 is 0. The highest BCUT2D eigenvalue weighted by Crippen LogP contribution is 2.29. The molecule has 7 nitrogen and oxygen atoms in total. The highest BCUT2D eigenvalue weighted by molar-refractivity contribution is 5.81. The van der Waals surface area contributed by atoms with Crippen LogP contribution in [0.1, 0.15) is 36.7 Å². The van der Waals surface area contributed by atoms with Gasteiger partial charge in [0, 0.05) is 32.3 Å². The van der Waals surface area contributed by atoms with E-state index < -0.39 is 0 Å². The number of aromatic amines is 1. The number of H-pyrrole nitrogens is 1. The Kier molecular flexibility index (Phi) is 4.46. The fourth-order valence-corrected chi connectivity index (χ4v) is 3.72. The third-order valence-corrected chi connectivity index (χ3v) is 5.17. The van der Waals surface area contributed by atoms with Gasteiger partial charge in [-0.3, -0.25) is 9.48 Å². The summed E-state index contributed by atoms with van der Waals surface area (Å²) in [6.45, 7) is 3.54. The quantitative estimate of drug-likeness (QED) is 0.654. The van der Waals surface area contributed by atoms with Crippen LogP contribution in [0.3, 0.4) is 0 Å². The predicted octanol–water partition coefficient (Wildman–Crippen LogP) is 1.87. The second kappa shape index (κ2) is 6.92. The highest BCUT2D eigenvalue weighted by Gasteiger charge is 2.35. The van der Waals surface area contributed by atoms with Crippen LogP contribution in [-0.2, 0) is 11.8 Å². The van der Waals surface area contributed by atoms with Crippen molar-refractivity contribution in [3.8, 4) is 0 Å². The predicted molar refractivity (Wildman–Crippen MR) is 99.6 cm³/mol. The van der Waals surface area contributed by atoms with E-state index in [0.29, 0.717) is 6.54 Å². The molecule has 1 aromatic carbocycles. The maximum Gasteiger partial charge on any atom is 0.225 e. The van der Waals surface area contributed by atoms with E-state index in [-0.39, 0.29) is 23.8 Å². The van der Waals surface area contributed by atoms with Gasteiger partial charge in [-0.05, 0) is 24.1 Å². The number of nitrogens with zero attached hydrogens (tertiary/aromatic N) is 3. The van der Waals surface area contributed by atoms with Crippen LogP contribution in [0.15, 0.2) is 36.7 Å². The summed E-state index contributed by atoms with van der Waals surface area (Å²) in [5.74, 6) is 0.927. The van der Waals surface area contributed by atoms with E-state index in [0.717, 1.165) is 35.4 Å². The SMILES string of the molecule is CCC(NC(=O)[C@H]1CNC[C@@H]1c1cnn(C)c1)c1nc2ccccc2[nH]1. The summed E-state index contributed by atoms with van der Waals surface area (Å²) in [5, 5.41) is 10.8. The number of hydrogen-bond donors (Lipinski definition) is 3. The number of aromatic nitrogens is 4. The first-order valence-electron chi connectivity index (χ1n) is 9.10. The van der Waals surface area contributed by atoms with E-state index in [2.05, 4.69) is 32.6 Å². The van der Waals surface area contributed by atoms with Gasteiger partial charge in [0.05, 0.1) is 29.2 Å². The fourth-order valence-electron chi connectivity index (χ4n) is 3.72. The summed E-state index contributed by atoms with van der Waals surface area (Å²) < 4.78 is 1.78. The van der Waals surface area contributed by atoms with Gasteiger partial charge in [-0.1, -0.05) is 19.1 Å². The average Bonchev–Trinajstić information content (AvgIpc) is 3.37. The number of fused-ring (bicyclic) bond motifs is 1. The van der Waals surface area contributed by atoms with Gasteiger partial charge < -0.3 is 15.6 Å². The third-order valence-electron chi connectivity index (χ3n) is 5.17. The van der Waals surface area contributed by atoms with Gasteiger partial charge >= 0.3 is 0 Å². The normalized spacial score (nSPS) is 21.2. The van der Waals surface area contributed by atoms with E-state index in [4.69, 9.17) is 0 Å². The molecule has 2 aromatic heterocycles. The van der Waals surface area contributed by atoms with E-state index in [1.165, 1.54) is 0 Å². The molecule has 1 amide bonds. The Hall–Kier alpha value is -2.67. The second-order valence-corrected chi connectivity index (χ2v) is 6.93. The van der Waals surface area contributed by atoms with Gasteiger partial charge in [0.2, 0.25) is 5.91 Å². The highest BCUT2D eigenvalue weighted by atomic mass is 16.2. The number of para-hydroxylation sites is 2. The van der Waals surface area contributed by atoms with Crippen LogP contribution in [0.4, 0.5) is 0 Å². The van der Waals surface area contributed by atoms with Crippen LogP contribution in [-0.4, -0.2) is 38.7 Å². The molecule has 0 spiro atoms. The van der Waals surface area contributed by atoms with Crippen molar-refractivity contribution in [3.05, 3.63) is 48.0 Å². The smallest absolute Gasteiger partial charge is 0.225 e. The minimum atomic E-state index is -0.120. The summed E-state index contributed by atoms with van der Waals surface area (Å²) in [5.41, 5.74) is 3.02. The molecule has 3 aromatic rings. The summed E-state index contributed by atoms with van der Waals surface area (Å²) in [4.78, 5) is 21.0. The lowest BCUT2D eigenvalue weighted by atomic mass is 9.90. The number of rotatable bonds is 5. The lowest BCUT2D eigenvalue weighted by molar-refractivity contribution is -0.125. The molecule has 3 atom stereocenters. The van der Waals surface area contributed by atoms with Crippen molar-refractivity contribution in [3.63, 3.8) is 0 Å². The summed E-state index contributed by atoms with van der Waals surface area (Å²) in [6, 6.07) is 7.80.